The van der Waals surface area contributed by atoms with Gasteiger partial charge in [0, 0.05) is 32.5 Å². The van der Waals surface area contributed by atoms with Gasteiger partial charge in [-0.3, -0.25) is 14.5 Å². The average Bonchev–Trinajstić information content (AvgIpc) is 2.34. The number of ketones is 1. The highest BCUT2D eigenvalue weighted by molar-refractivity contribution is 5.84. The average molecular weight is 254 g/mol. The van der Waals surface area contributed by atoms with Gasteiger partial charge in [-0.2, -0.15) is 0 Å². The van der Waals surface area contributed by atoms with Gasteiger partial charge in [-0.15, -0.1) is 0 Å². The molecule has 0 spiro atoms. The van der Waals surface area contributed by atoms with Crippen LogP contribution in [0.15, 0.2) is 0 Å². The fraction of sp³-hybridized carbons (Fsp3) is 0.846. The molecule has 0 aromatic carbocycles. The van der Waals surface area contributed by atoms with E-state index >= 15 is 0 Å². The van der Waals surface area contributed by atoms with Crippen molar-refractivity contribution in [1.29, 1.82) is 0 Å². The molecule has 1 amide bonds. The number of rotatable bonds is 2. The summed E-state index contributed by atoms with van der Waals surface area (Å²) in [5.74, 6) is 0.662. The molecule has 2 heterocycles. The van der Waals surface area contributed by atoms with Crippen LogP contribution in [0.25, 0.3) is 0 Å². The number of β-amino-alcohol motifs (C(OH)–C–C–N with tert-alkyl or cyclic N) is 1. The Hall–Kier alpha value is -0.940. The van der Waals surface area contributed by atoms with E-state index in [1.807, 2.05) is 11.8 Å². The molecule has 18 heavy (non-hydrogen) atoms. The zero-order valence-corrected chi connectivity index (χ0v) is 11.0. The Kier molecular flexibility index (Phi) is 4.35. The maximum atomic E-state index is 12.1. The monoisotopic (exact) mass is 254 g/mol. The minimum Gasteiger partial charge on any atom is -0.392 e. The molecule has 2 fully saturated rings. The first kappa shape index (κ1) is 13.5. The second-order valence-electron chi connectivity index (χ2n) is 5.49. The molecule has 102 valence electrons. The minimum atomic E-state index is -0.325. The van der Waals surface area contributed by atoms with Crippen molar-refractivity contribution in [3.63, 3.8) is 0 Å². The van der Waals surface area contributed by atoms with E-state index in [-0.39, 0.29) is 17.8 Å². The van der Waals surface area contributed by atoms with Crippen LogP contribution in [0.1, 0.15) is 26.2 Å². The third-order valence-corrected chi connectivity index (χ3v) is 4.04. The molecule has 2 rings (SSSR count). The summed E-state index contributed by atoms with van der Waals surface area (Å²) in [6.45, 7) is 4.99. The maximum absolute atomic E-state index is 12.1. The number of amides is 1. The highest BCUT2D eigenvalue weighted by Crippen LogP contribution is 2.17. The second-order valence-corrected chi connectivity index (χ2v) is 5.49. The van der Waals surface area contributed by atoms with Crippen LogP contribution < -0.4 is 0 Å². The maximum Gasteiger partial charge on any atom is 0.236 e. The minimum absolute atomic E-state index is 0.0873. The first-order valence-corrected chi connectivity index (χ1v) is 6.76. The van der Waals surface area contributed by atoms with E-state index in [1.54, 1.807) is 4.90 Å². The van der Waals surface area contributed by atoms with Gasteiger partial charge >= 0.3 is 0 Å². The van der Waals surface area contributed by atoms with Crippen molar-refractivity contribution in [2.75, 3.05) is 32.7 Å². The number of aliphatic hydroxyl groups excluding tert-OH is 1. The van der Waals surface area contributed by atoms with Crippen LogP contribution in [0.5, 0.6) is 0 Å². The molecule has 0 aliphatic carbocycles. The van der Waals surface area contributed by atoms with E-state index in [1.165, 1.54) is 0 Å². The number of hydrogen-bond donors (Lipinski definition) is 1. The summed E-state index contributed by atoms with van der Waals surface area (Å²) in [7, 11) is 0. The number of carbonyl (C=O) groups is 2. The van der Waals surface area contributed by atoms with Gasteiger partial charge in [-0.25, -0.2) is 0 Å². The summed E-state index contributed by atoms with van der Waals surface area (Å²) in [5.41, 5.74) is 0. The lowest BCUT2D eigenvalue weighted by atomic mass is 9.96. The van der Waals surface area contributed by atoms with E-state index in [9.17, 15) is 14.7 Å². The highest BCUT2D eigenvalue weighted by Gasteiger charge is 2.27. The quantitative estimate of drug-likeness (QED) is 0.746. The van der Waals surface area contributed by atoms with Crippen LogP contribution in [0.4, 0.5) is 0 Å². The predicted molar refractivity (Wildman–Crippen MR) is 67.0 cm³/mol. The normalized spacial score (nSPS) is 30.6. The molecule has 5 nitrogen and oxygen atoms in total. The number of hydrogen-bond acceptors (Lipinski definition) is 4. The molecule has 0 saturated carbocycles. The Morgan fingerprint density at radius 1 is 1.33 bits per heavy atom. The van der Waals surface area contributed by atoms with E-state index < -0.39 is 0 Å². The van der Waals surface area contributed by atoms with Gasteiger partial charge in [-0.1, -0.05) is 6.92 Å². The van der Waals surface area contributed by atoms with E-state index in [0.29, 0.717) is 44.9 Å². The number of Topliss-reactive ketones (excluding diaryl/α,β-unsaturated/α-hetero) is 1. The van der Waals surface area contributed by atoms with Gasteiger partial charge in [0.15, 0.2) is 0 Å². The lowest BCUT2D eigenvalue weighted by Crippen LogP contribution is -2.49. The molecule has 2 aliphatic heterocycles. The van der Waals surface area contributed by atoms with Gasteiger partial charge in [0.05, 0.1) is 12.6 Å². The predicted octanol–water partition coefficient (Wildman–Crippen LogP) is -0.119. The van der Waals surface area contributed by atoms with Crippen molar-refractivity contribution in [2.24, 2.45) is 5.92 Å². The number of likely N-dealkylation sites (tertiary alicyclic amines) is 2. The molecule has 0 bridgehead atoms. The first-order chi connectivity index (χ1) is 8.56. The van der Waals surface area contributed by atoms with Crippen LogP contribution >= 0.6 is 0 Å². The van der Waals surface area contributed by atoms with Crippen molar-refractivity contribution in [1.82, 2.24) is 9.80 Å². The lowest BCUT2D eigenvalue weighted by Gasteiger charge is -2.35. The summed E-state index contributed by atoms with van der Waals surface area (Å²) in [5, 5.41) is 9.79. The van der Waals surface area contributed by atoms with Crippen molar-refractivity contribution < 1.29 is 14.7 Å². The summed E-state index contributed by atoms with van der Waals surface area (Å²) >= 11 is 0. The molecule has 0 aromatic rings. The Labute approximate surface area is 108 Å². The standard InChI is InChI=1S/C13H22N2O3/c1-10-2-5-14(8-12(10)17)9-13(18)15-6-3-11(16)4-7-15/h10,12,17H,2-9H2,1H3. The largest absolute Gasteiger partial charge is 0.392 e. The van der Waals surface area contributed by atoms with Gasteiger partial charge in [0.2, 0.25) is 5.91 Å². The summed E-state index contributed by atoms with van der Waals surface area (Å²) < 4.78 is 0. The molecule has 2 saturated heterocycles. The van der Waals surface area contributed by atoms with Crippen LogP contribution in [-0.4, -0.2) is 65.4 Å². The first-order valence-electron chi connectivity index (χ1n) is 6.76. The molecular formula is C13H22N2O3. The Morgan fingerprint density at radius 3 is 2.61 bits per heavy atom. The summed E-state index contributed by atoms with van der Waals surface area (Å²) in [6.07, 6.45) is 1.60. The fourth-order valence-electron chi connectivity index (χ4n) is 2.55. The third-order valence-electron chi connectivity index (χ3n) is 4.04. The van der Waals surface area contributed by atoms with Gasteiger partial charge in [-0.05, 0) is 18.9 Å². The summed E-state index contributed by atoms with van der Waals surface area (Å²) in [4.78, 5) is 27.0. The molecule has 0 radical (unpaired) electrons. The Balaban J connectivity index is 1.79. The fourth-order valence-corrected chi connectivity index (χ4v) is 2.55. The van der Waals surface area contributed by atoms with Gasteiger partial charge in [0.1, 0.15) is 5.78 Å². The molecule has 5 heteroatoms. The van der Waals surface area contributed by atoms with Crippen LogP contribution in [-0.2, 0) is 9.59 Å². The second kappa shape index (κ2) is 5.80. The molecule has 2 unspecified atom stereocenters. The molecule has 2 atom stereocenters. The number of carbonyl (C=O) groups excluding carboxylic acids is 2. The number of aliphatic hydroxyl groups is 1. The zero-order valence-electron chi connectivity index (χ0n) is 11.0. The summed E-state index contributed by atoms with van der Waals surface area (Å²) in [6, 6.07) is 0. The van der Waals surface area contributed by atoms with E-state index in [4.69, 9.17) is 0 Å². The molecule has 0 aromatic heterocycles. The number of piperidine rings is 2. The van der Waals surface area contributed by atoms with E-state index in [0.717, 1.165) is 13.0 Å². The SMILES string of the molecule is CC1CCN(CC(=O)N2CCC(=O)CC2)CC1O. The number of nitrogens with zero attached hydrogens (tertiary/aromatic N) is 2. The smallest absolute Gasteiger partial charge is 0.236 e. The van der Waals surface area contributed by atoms with Crippen molar-refractivity contribution in [2.45, 2.75) is 32.3 Å². The molecule has 1 N–H and O–H groups in total. The molecular weight excluding hydrogens is 232 g/mol. The van der Waals surface area contributed by atoms with Crippen LogP contribution in [0.3, 0.4) is 0 Å². The van der Waals surface area contributed by atoms with Crippen molar-refractivity contribution >= 4 is 11.7 Å². The highest BCUT2D eigenvalue weighted by atomic mass is 16.3. The lowest BCUT2D eigenvalue weighted by molar-refractivity contribution is -0.136. The van der Waals surface area contributed by atoms with Gasteiger partial charge in [0.25, 0.3) is 0 Å². The Bertz CT molecular complexity index is 322. The van der Waals surface area contributed by atoms with Crippen LogP contribution in [0, 0.1) is 5.92 Å². The zero-order chi connectivity index (χ0) is 13.1. The van der Waals surface area contributed by atoms with Gasteiger partial charge < -0.3 is 10.0 Å². The van der Waals surface area contributed by atoms with Crippen molar-refractivity contribution in [3.05, 3.63) is 0 Å². The van der Waals surface area contributed by atoms with Crippen LogP contribution in [0.2, 0.25) is 0 Å². The Morgan fingerprint density at radius 2 is 2.00 bits per heavy atom. The van der Waals surface area contributed by atoms with E-state index in [2.05, 4.69) is 0 Å². The topological polar surface area (TPSA) is 60.9 Å². The third kappa shape index (κ3) is 3.29. The molecule has 2 aliphatic rings. The van der Waals surface area contributed by atoms with Crippen molar-refractivity contribution in [3.8, 4) is 0 Å².